The molecule has 0 bridgehead atoms. The largest absolute Gasteiger partial charge is 0.417 e. The number of benzene rings is 2. The molecule has 0 radical (unpaired) electrons. The second-order valence-corrected chi connectivity index (χ2v) is 10.5. The lowest BCUT2D eigenvalue weighted by Gasteiger charge is -2.27. The van der Waals surface area contributed by atoms with Crippen LogP contribution in [0.25, 0.3) is 22.0 Å². The van der Waals surface area contributed by atoms with E-state index >= 15 is 0 Å². The zero-order valence-electron chi connectivity index (χ0n) is 18.1. The van der Waals surface area contributed by atoms with E-state index in [1.54, 1.807) is 24.3 Å². The molecule has 1 fully saturated rings. The van der Waals surface area contributed by atoms with Crippen molar-refractivity contribution in [1.29, 1.82) is 0 Å². The van der Waals surface area contributed by atoms with Gasteiger partial charge in [0, 0.05) is 29.7 Å². The Balaban J connectivity index is 1.77. The van der Waals surface area contributed by atoms with Crippen LogP contribution in [-0.4, -0.2) is 18.2 Å². The lowest BCUT2D eigenvalue weighted by atomic mass is 9.97. The van der Waals surface area contributed by atoms with Crippen LogP contribution in [0.4, 0.5) is 13.2 Å². The van der Waals surface area contributed by atoms with Crippen LogP contribution in [0.2, 0.25) is 0 Å². The summed E-state index contributed by atoms with van der Waals surface area (Å²) in [7, 11) is -3.40. The zero-order valence-corrected chi connectivity index (χ0v) is 18.9. The molecule has 0 amide bonds. The maximum atomic E-state index is 13.5. The van der Waals surface area contributed by atoms with E-state index in [9.17, 15) is 21.6 Å². The third kappa shape index (κ3) is 4.30. The number of sulfonamides is 1. The van der Waals surface area contributed by atoms with Crippen LogP contribution in [0.1, 0.15) is 56.7 Å². The maximum Gasteiger partial charge on any atom is 0.417 e. The molecule has 1 N–H and O–H groups in total. The van der Waals surface area contributed by atoms with E-state index in [1.165, 1.54) is 12.1 Å². The molecule has 1 aliphatic carbocycles. The average molecular weight is 465 g/mol. The van der Waals surface area contributed by atoms with Crippen molar-refractivity contribution in [3.8, 4) is 11.1 Å². The summed E-state index contributed by atoms with van der Waals surface area (Å²) in [6.45, 7) is 4.52. The van der Waals surface area contributed by atoms with E-state index < -0.39 is 27.8 Å². The molecule has 0 spiro atoms. The van der Waals surface area contributed by atoms with E-state index in [0.29, 0.717) is 24.9 Å². The average Bonchev–Trinajstić information content (AvgIpc) is 3.03. The highest BCUT2D eigenvalue weighted by Crippen LogP contribution is 2.39. The Morgan fingerprint density at radius 1 is 1.16 bits per heavy atom. The number of alkyl halides is 3. The van der Waals surface area contributed by atoms with Gasteiger partial charge >= 0.3 is 6.18 Å². The molecule has 1 heterocycles. The first-order chi connectivity index (χ1) is 15.1. The van der Waals surface area contributed by atoms with Crippen molar-refractivity contribution in [2.75, 3.05) is 0 Å². The smallest absolute Gasteiger partial charge is 0.347 e. The van der Waals surface area contributed by atoms with Crippen LogP contribution in [0.15, 0.2) is 48.7 Å². The predicted octanol–water partition coefficient (Wildman–Crippen LogP) is 6.27. The number of aromatic nitrogens is 1. The van der Waals surface area contributed by atoms with Crippen molar-refractivity contribution in [3.63, 3.8) is 0 Å². The first kappa shape index (κ1) is 22.9. The van der Waals surface area contributed by atoms with Crippen molar-refractivity contribution >= 4 is 20.9 Å². The fourth-order valence-corrected chi connectivity index (χ4v) is 6.09. The number of fused-ring (bicyclic) bond motifs is 1. The minimum atomic E-state index is -4.45. The Labute approximate surface area is 186 Å². The summed E-state index contributed by atoms with van der Waals surface area (Å²) in [5, 5.41) is 0.509. The Morgan fingerprint density at radius 2 is 1.88 bits per heavy atom. The van der Waals surface area contributed by atoms with Gasteiger partial charge in [-0.2, -0.15) is 13.2 Å². The highest BCUT2D eigenvalue weighted by Gasteiger charge is 2.34. The highest BCUT2D eigenvalue weighted by atomic mass is 32.2. The molecular weight excluding hydrogens is 437 g/mol. The molecule has 0 aliphatic heterocycles. The first-order valence-electron chi connectivity index (χ1n) is 10.9. The van der Waals surface area contributed by atoms with Gasteiger partial charge < -0.3 is 4.57 Å². The van der Waals surface area contributed by atoms with Gasteiger partial charge in [-0.1, -0.05) is 43.7 Å². The maximum absolute atomic E-state index is 13.5. The van der Waals surface area contributed by atoms with Gasteiger partial charge in [0.25, 0.3) is 0 Å². The Bertz CT molecular complexity index is 1230. The fourth-order valence-electron chi connectivity index (χ4n) is 4.33. The van der Waals surface area contributed by atoms with Crippen LogP contribution in [0.5, 0.6) is 0 Å². The summed E-state index contributed by atoms with van der Waals surface area (Å²) in [5.41, 5.74) is 1.56. The summed E-state index contributed by atoms with van der Waals surface area (Å²) in [6, 6.07) is 10.4. The summed E-state index contributed by atoms with van der Waals surface area (Å²) in [4.78, 5) is 0. The Hall–Kier alpha value is -2.32. The monoisotopic (exact) mass is 464 g/mol. The second-order valence-electron chi connectivity index (χ2n) is 8.49. The molecule has 1 aliphatic rings. The standard InChI is InChI=1S/C24H27F3N2O2S/c1-3-13-29-15-21(16(2)28-32(30,31)18-7-6-8-18)20-12-11-17(14-23(20)29)19-9-4-5-10-22(19)24(25,26)27/h4-5,9-12,14-16,18,28H,3,6-8,13H2,1-2H3/t16-/m1/s1. The summed E-state index contributed by atoms with van der Waals surface area (Å²) in [5.74, 6) is 0. The van der Waals surface area contributed by atoms with E-state index in [4.69, 9.17) is 0 Å². The third-order valence-corrected chi connectivity index (χ3v) is 8.25. The number of aryl methyl sites for hydroxylation is 1. The lowest BCUT2D eigenvalue weighted by Crippen LogP contribution is -2.39. The van der Waals surface area contributed by atoms with Gasteiger partial charge in [-0.15, -0.1) is 0 Å². The summed E-state index contributed by atoms with van der Waals surface area (Å²) in [6.07, 6.45) is 0.605. The minimum Gasteiger partial charge on any atom is -0.347 e. The van der Waals surface area contributed by atoms with Gasteiger partial charge in [0.1, 0.15) is 0 Å². The van der Waals surface area contributed by atoms with Crippen molar-refractivity contribution in [1.82, 2.24) is 9.29 Å². The molecule has 3 aromatic rings. The van der Waals surface area contributed by atoms with Crippen LogP contribution < -0.4 is 4.72 Å². The SMILES string of the molecule is CCCn1cc([C@@H](C)NS(=O)(=O)C2CCC2)c2ccc(-c3ccccc3C(F)(F)F)cc21. The molecule has 4 rings (SSSR count). The fraction of sp³-hybridized carbons (Fsp3) is 0.417. The van der Waals surface area contributed by atoms with Crippen LogP contribution in [0, 0.1) is 0 Å². The molecule has 4 nitrogen and oxygen atoms in total. The van der Waals surface area contributed by atoms with Gasteiger partial charge in [0.2, 0.25) is 10.0 Å². The van der Waals surface area contributed by atoms with Gasteiger partial charge in [0.15, 0.2) is 0 Å². The topological polar surface area (TPSA) is 51.1 Å². The quantitative estimate of drug-likeness (QED) is 0.448. The number of hydrogen-bond donors (Lipinski definition) is 1. The van der Waals surface area contributed by atoms with E-state index in [-0.39, 0.29) is 10.8 Å². The predicted molar refractivity (Wildman–Crippen MR) is 121 cm³/mol. The number of nitrogens with zero attached hydrogens (tertiary/aromatic N) is 1. The zero-order chi connectivity index (χ0) is 23.1. The molecule has 1 atom stereocenters. The first-order valence-corrected chi connectivity index (χ1v) is 12.5. The van der Waals surface area contributed by atoms with Gasteiger partial charge in [0.05, 0.1) is 10.8 Å². The third-order valence-electron chi connectivity index (χ3n) is 6.22. The number of nitrogens with one attached hydrogen (secondary N) is 1. The van der Waals surface area contributed by atoms with Gasteiger partial charge in [-0.25, -0.2) is 13.1 Å². The van der Waals surface area contributed by atoms with Crippen molar-refractivity contribution in [2.24, 2.45) is 0 Å². The molecule has 0 unspecified atom stereocenters. The number of hydrogen-bond acceptors (Lipinski definition) is 2. The number of halogens is 3. The molecule has 1 saturated carbocycles. The van der Waals surface area contributed by atoms with E-state index in [2.05, 4.69) is 4.72 Å². The molecular formula is C24H27F3N2O2S. The summed E-state index contributed by atoms with van der Waals surface area (Å²) < 4.78 is 70.7. The molecule has 172 valence electrons. The lowest BCUT2D eigenvalue weighted by molar-refractivity contribution is -0.137. The Kier molecular flexibility index (Phi) is 6.11. The van der Waals surface area contributed by atoms with Crippen LogP contribution in [0.3, 0.4) is 0 Å². The summed E-state index contributed by atoms with van der Waals surface area (Å²) >= 11 is 0. The van der Waals surface area contributed by atoms with Crippen molar-refractivity contribution in [2.45, 2.75) is 63.5 Å². The molecule has 2 aromatic carbocycles. The highest BCUT2D eigenvalue weighted by molar-refractivity contribution is 7.90. The van der Waals surface area contributed by atoms with Crippen LogP contribution >= 0.6 is 0 Å². The molecule has 0 saturated heterocycles. The van der Waals surface area contributed by atoms with E-state index in [0.717, 1.165) is 35.4 Å². The normalized spacial score (nSPS) is 16.3. The van der Waals surface area contributed by atoms with Gasteiger partial charge in [-0.05, 0) is 55.0 Å². The molecule has 32 heavy (non-hydrogen) atoms. The second kappa shape index (κ2) is 8.56. The van der Waals surface area contributed by atoms with Crippen molar-refractivity contribution < 1.29 is 21.6 Å². The molecule has 1 aromatic heterocycles. The molecule has 8 heteroatoms. The number of rotatable bonds is 7. The van der Waals surface area contributed by atoms with Crippen molar-refractivity contribution in [3.05, 3.63) is 59.8 Å². The van der Waals surface area contributed by atoms with Crippen LogP contribution in [-0.2, 0) is 22.7 Å². The van der Waals surface area contributed by atoms with Gasteiger partial charge in [-0.3, -0.25) is 0 Å². The van der Waals surface area contributed by atoms with E-state index in [1.807, 2.05) is 24.6 Å². The Morgan fingerprint density at radius 3 is 2.50 bits per heavy atom. The minimum absolute atomic E-state index is 0.131.